The lowest BCUT2D eigenvalue weighted by atomic mass is 10.2. The Bertz CT molecular complexity index is 798. The van der Waals surface area contributed by atoms with Crippen molar-refractivity contribution < 1.29 is 9.32 Å². The van der Waals surface area contributed by atoms with Crippen LogP contribution in [0.4, 0.5) is 0 Å². The molecule has 0 aliphatic heterocycles. The highest BCUT2D eigenvalue weighted by Crippen LogP contribution is 2.17. The normalized spacial score (nSPS) is 10.7. The van der Waals surface area contributed by atoms with E-state index in [2.05, 4.69) is 39.5 Å². The van der Waals surface area contributed by atoms with Gasteiger partial charge in [0.15, 0.2) is 0 Å². The van der Waals surface area contributed by atoms with Gasteiger partial charge in [0.2, 0.25) is 17.6 Å². The Morgan fingerprint density at radius 1 is 1.21 bits per heavy atom. The molecular formula is C17H18N4O2S. The summed E-state index contributed by atoms with van der Waals surface area (Å²) in [5.74, 6) is 0.949. The molecule has 1 N–H and O–H groups in total. The van der Waals surface area contributed by atoms with E-state index in [9.17, 15) is 4.79 Å². The third-order valence-electron chi connectivity index (χ3n) is 3.50. The van der Waals surface area contributed by atoms with Crippen LogP contribution in [0.5, 0.6) is 0 Å². The van der Waals surface area contributed by atoms with E-state index in [4.69, 9.17) is 4.52 Å². The van der Waals surface area contributed by atoms with Crippen LogP contribution in [0.15, 0.2) is 41.2 Å². The monoisotopic (exact) mass is 342 g/mol. The number of carbonyl (C=O) groups is 1. The van der Waals surface area contributed by atoms with Gasteiger partial charge in [0.25, 0.3) is 0 Å². The Morgan fingerprint density at radius 3 is 2.75 bits per heavy atom. The molecule has 6 nitrogen and oxygen atoms in total. The smallest absolute Gasteiger partial charge is 0.227 e. The summed E-state index contributed by atoms with van der Waals surface area (Å²) in [7, 11) is 0. The number of carbonyl (C=O) groups excluding carboxylic acids is 1. The van der Waals surface area contributed by atoms with Crippen molar-refractivity contribution in [2.45, 2.75) is 32.7 Å². The van der Waals surface area contributed by atoms with E-state index in [0.29, 0.717) is 31.1 Å². The lowest BCUT2D eigenvalue weighted by molar-refractivity contribution is -0.121. The minimum absolute atomic E-state index is 0.0230. The van der Waals surface area contributed by atoms with E-state index >= 15 is 0 Å². The molecule has 0 aromatic carbocycles. The molecule has 124 valence electrons. The minimum Gasteiger partial charge on any atom is -0.351 e. The zero-order chi connectivity index (χ0) is 16.8. The number of pyridine rings is 1. The molecule has 3 rings (SSSR count). The Kier molecular flexibility index (Phi) is 5.32. The van der Waals surface area contributed by atoms with Crippen LogP contribution < -0.4 is 5.32 Å². The number of rotatable bonds is 7. The topological polar surface area (TPSA) is 80.9 Å². The van der Waals surface area contributed by atoms with Crippen molar-refractivity contribution in [2.75, 3.05) is 0 Å². The summed E-state index contributed by atoms with van der Waals surface area (Å²) in [4.78, 5) is 22.7. The molecule has 0 saturated carbocycles. The molecule has 7 heteroatoms. The number of hydrogen-bond acceptors (Lipinski definition) is 6. The number of thiophene rings is 1. The van der Waals surface area contributed by atoms with Crippen molar-refractivity contribution in [3.8, 4) is 11.4 Å². The van der Waals surface area contributed by atoms with E-state index in [1.54, 1.807) is 23.7 Å². The van der Waals surface area contributed by atoms with Crippen LogP contribution in [0, 0.1) is 0 Å². The minimum atomic E-state index is -0.0230. The quantitative estimate of drug-likeness (QED) is 0.714. The molecule has 3 aromatic heterocycles. The molecule has 0 spiro atoms. The first-order chi connectivity index (χ1) is 11.7. The Labute approximate surface area is 143 Å². The fraction of sp³-hybridized carbons (Fsp3) is 0.294. The summed E-state index contributed by atoms with van der Waals surface area (Å²) in [6.07, 6.45) is 5.12. The molecular weight excluding hydrogens is 324 g/mol. The van der Waals surface area contributed by atoms with Crippen LogP contribution in [0.2, 0.25) is 0 Å². The Morgan fingerprint density at radius 2 is 2.00 bits per heavy atom. The third kappa shape index (κ3) is 4.26. The predicted molar refractivity (Wildman–Crippen MR) is 91.4 cm³/mol. The summed E-state index contributed by atoms with van der Waals surface area (Å²) < 4.78 is 5.19. The van der Waals surface area contributed by atoms with Crippen molar-refractivity contribution in [3.05, 3.63) is 52.3 Å². The zero-order valence-electron chi connectivity index (χ0n) is 13.4. The fourth-order valence-corrected chi connectivity index (χ4v) is 3.07. The third-order valence-corrected chi connectivity index (χ3v) is 4.73. The Balaban J connectivity index is 1.47. The van der Waals surface area contributed by atoms with Gasteiger partial charge >= 0.3 is 0 Å². The van der Waals surface area contributed by atoms with Crippen LogP contribution in [0.1, 0.15) is 29.0 Å². The lowest BCUT2D eigenvalue weighted by Gasteiger charge is -2.01. The van der Waals surface area contributed by atoms with Gasteiger partial charge in [-0.3, -0.25) is 9.78 Å². The first-order valence-corrected chi connectivity index (χ1v) is 8.63. The van der Waals surface area contributed by atoms with Gasteiger partial charge in [-0.05, 0) is 30.7 Å². The average molecular weight is 342 g/mol. The largest absolute Gasteiger partial charge is 0.351 e. The second-order valence-corrected chi connectivity index (χ2v) is 6.50. The van der Waals surface area contributed by atoms with E-state index in [1.165, 1.54) is 4.88 Å². The second kappa shape index (κ2) is 7.83. The van der Waals surface area contributed by atoms with Crippen LogP contribution in [0.25, 0.3) is 11.4 Å². The molecule has 0 fully saturated rings. The molecule has 0 radical (unpaired) electrons. The number of aromatic nitrogens is 3. The molecule has 0 aliphatic carbocycles. The number of hydrogen-bond donors (Lipinski definition) is 1. The van der Waals surface area contributed by atoms with E-state index in [0.717, 1.165) is 16.9 Å². The predicted octanol–water partition coefficient (Wildman–Crippen LogP) is 3.00. The molecule has 3 aromatic rings. The van der Waals surface area contributed by atoms with Crippen molar-refractivity contribution in [3.63, 3.8) is 0 Å². The van der Waals surface area contributed by atoms with Gasteiger partial charge in [0.05, 0.1) is 6.54 Å². The van der Waals surface area contributed by atoms with Crippen molar-refractivity contribution >= 4 is 17.2 Å². The number of nitrogens with one attached hydrogen (secondary N) is 1. The number of aryl methyl sites for hydroxylation is 2. The first-order valence-electron chi connectivity index (χ1n) is 7.82. The maximum Gasteiger partial charge on any atom is 0.227 e. The first kappa shape index (κ1) is 16.3. The highest BCUT2D eigenvalue weighted by Gasteiger charge is 2.10. The van der Waals surface area contributed by atoms with Gasteiger partial charge in [-0.25, -0.2) is 0 Å². The van der Waals surface area contributed by atoms with E-state index in [1.807, 2.05) is 12.1 Å². The summed E-state index contributed by atoms with van der Waals surface area (Å²) in [5.41, 5.74) is 0.842. The zero-order valence-corrected chi connectivity index (χ0v) is 14.2. The summed E-state index contributed by atoms with van der Waals surface area (Å²) in [6, 6.07) is 7.79. The van der Waals surface area contributed by atoms with Gasteiger partial charge in [-0.15, -0.1) is 11.3 Å². The molecule has 1 amide bonds. The number of amides is 1. The molecule has 3 heterocycles. The molecule has 0 saturated heterocycles. The number of nitrogens with zero attached hydrogens (tertiary/aromatic N) is 3. The lowest BCUT2D eigenvalue weighted by Crippen LogP contribution is -2.22. The molecule has 0 atom stereocenters. The van der Waals surface area contributed by atoms with Gasteiger partial charge < -0.3 is 9.84 Å². The van der Waals surface area contributed by atoms with Gasteiger partial charge in [0.1, 0.15) is 0 Å². The molecule has 0 bridgehead atoms. The Hall–Kier alpha value is -2.54. The standard InChI is InChI=1S/C17H18N4O2S/c1-2-13-3-4-14(24-13)11-19-15(22)5-6-16-20-17(21-23-16)12-7-9-18-10-8-12/h3-4,7-10H,2,5-6,11H2,1H3,(H,19,22). The van der Waals surface area contributed by atoms with Gasteiger partial charge in [-0.2, -0.15) is 4.98 Å². The van der Waals surface area contributed by atoms with E-state index < -0.39 is 0 Å². The fourth-order valence-electron chi connectivity index (χ4n) is 2.18. The maximum atomic E-state index is 11.9. The highest BCUT2D eigenvalue weighted by atomic mass is 32.1. The van der Waals surface area contributed by atoms with Crippen molar-refractivity contribution in [1.29, 1.82) is 0 Å². The molecule has 24 heavy (non-hydrogen) atoms. The van der Waals surface area contributed by atoms with Crippen molar-refractivity contribution in [1.82, 2.24) is 20.4 Å². The van der Waals surface area contributed by atoms with Gasteiger partial charge in [0, 0.05) is 40.6 Å². The van der Waals surface area contributed by atoms with Crippen LogP contribution in [-0.2, 0) is 24.2 Å². The maximum absolute atomic E-state index is 11.9. The SMILES string of the molecule is CCc1ccc(CNC(=O)CCc2nc(-c3ccncc3)no2)s1. The summed E-state index contributed by atoms with van der Waals surface area (Å²) >= 11 is 1.73. The van der Waals surface area contributed by atoms with Gasteiger partial charge in [-0.1, -0.05) is 12.1 Å². The van der Waals surface area contributed by atoms with Crippen LogP contribution >= 0.6 is 11.3 Å². The highest BCUT2D eigenvalue weighted by molar-refractivity contribution is 7.11. The van der Waals surface area contributed by atoms with Crippen LogP contribution in [0.3, 0.4) is 0 Å². The molecule has 0 unspecified atom stereocenters. The molecule has 0 aliphatic rings. The average Bonchev–Trinajstić information content (AvgIpc) is 3.28. The second-order valence-electron chi connectivity index (χ2n) is 5.25. The van der Waals surface area contributed by atoms with Crippen molar-refractivity contribution in [2.24, 2.45) is 0 Å². The van der Waals surface area contributed by atoms with Crippen LogP contribution in [-0.4, -0.2) is 21.0 Å². The summed E-state index contributed by atoms with van der Waals surface area (Å²) in [6.45, 7) is 2.69. The van der Waals surface area contributed by atoms with E-state index in [-0.39, 0.29) is 5.91 Å². The summed E-state index contributed by atoms with van der Waals surface area (Å²) in [5, 5.41) is 6.84.